The first-order valence-electron chi connectivity index (χ1n) is 7.21. The number of hydrogen-bond acceptors (Lipinski definition) is 2. The van der Waals surface area contributed by atoms with Gasteiger partial charge < -0.3 is 27.8 Å². The normalized spacial score (nSPS) is 14.1. The molecule has 8 heteroatoms. The van der Waals surface area contributed by atoms with Crippen molar-refractivity contribution in [2.75, 3.05) is 6.54 Å². The van der Waals surface area contributed by atoms with Gasteiger partial charge in [0, 0.05) is 17.8 Å². The molecule has 0 radical (unpaired) electrons. The van der Waals surface area contributed by atoms with E-state index in [1.165, 1.54) is 16.7 Å². The highest BCUT2D eigenvalue weighted by Crippen LogP contribution is 2.38. The van der Waals surface area contributed by atoms with Crippen LogP contribution in [0.25, 0.3) is 17.0 Å². The van der Waals surface area contributed by atoms with Crippen LogP contribution in [0.15, 0.2) is 23.1 Å². The lowest BCUT2D eigenvalue weighted by Gasteiger charge is -2.14. The van der Waals surface area contributed by atoms with Crippen LogP contribution in [0.1, 0.15) is 34.8 Å². The third-order valence-corrected chi connectivity index (χ3v) is 3.87. The van der Waals surface area contributed by atoms with Crippen molar-refractivity contribution in [2.24, 2.45) is 0 Å². The van der Waals surface area contributed by atoms with Gasteiger partial charge in [-0.3, -0.25) is 4.79 Å². The molecule has 1 aromatic heterocycles. The van der Waals surface area contributed by atoms with Gasteiger partial charge in [0.1, 0.15) is 11.4 Å². The maximum Gasteiger partial charge on any atom is 0.341 e. The van der Waals surface area contributed by atoms with E-state index in [2.05, 4.69) is 5.73 Å². The van der Waals surface area contributed by atoms with Gasteiger partial charge in [0.2, 0.25) is 5.43 Å². The van der Waals surface area contributed by atoms with E-state index in [0.717, 1.165) is 25.1 Å². The van der Waals surface area contributed by atoms with Gasteiger partial charge in [0.25, 0.3) is 0 Å². The van der Waals surface area contributed by atoms with Crippen LogP contribution in [0, 0.1) is 11.6 Å². The van der Waals surface area contributed by atoms with Crippen LogP contribution in [-0.4, -0.2) is 22.2 Å². The van der Waals surface area contributed by atoms with Gasteiger partial charge in [0.15, 0.2) is 5.82 Å². The van der Waals surface area contributed by atoms with Crippen LogP contribution >= 0.6 is 0 Å². The molecule has 0 atom stereocenters. The van der Waals surface area contributed by atoms with E-state index in [1.54, 1.807) is 0 Å². The maximum atomic E-state index is 14.8. The average Bonchev–Trinajstić information content (AvgIpc) is 3.32. The van der Waals surface area contributed by atoms with E-state index >= 15 is 0 Å². The van der Waals surface area contributed by atoms with Crippen molar-refractivity contribution in [3.8, 4) is 0 Å². The second-order valence-corrected chi connectivity index (χ2v) is 5.49. The first-order chi connectivity index (χ1) is 11.0. The molecule has 0 spiro atoms. The highest BCUT2D eigenvalue weighted by molar-refractivity contribution is 5.93. The summed E-state index contributed by atoms with van der Waals surface area (Å²) >= 11 is 0. The molecule has 0 unspecified atom stereocenters. The third kappa shape index (κ3) is 2.92. The van der Waals surface area contributed by atoms with E-state index < -0.39 is 28.6 Å². The molecule has 1 saturated carbocycles. The molecule has 2 aromatic rings. The molecular formula is C16H15ClF2N2O3. The Morgan fingerprint density at radius 1 is 1.42 bits per heavy atom. The van der Waals surface area contributed by atoms with Gasteiger partial charge in [0.05, 0.1) is 17.4 Å². The molecule has 3 rings (SSSR count). The van der Waals surface area contributed by atoms with Crippen LogP contribution in [0.4, 0.5) is 8.78 Å². The molecular weight excluding hydrogens is 342 g/mol. The SMILES string of the molecule is [Cl-].[NH3+]C/C=C\c1c(F)cc2c(=O)c(C(=O)O)cn(C3CC3)c2c1F. The predicted molar refractivity (Wildman–Crippen MR) is 80.1 cm³/mol. The van der Waals surface area contributed by atoms with Crippen molar-refractivity contribution in [2.45, 2.75) is 18.9 Å². The monoisotopic (exact) mass is 356 g/mol. The van der Waals surface area contributed by atoms with Gasteiger partial charge in [-0.05, 0) is 31.1 Å². The molecule has 1 aliphatic rings. The molecule has 1 fully saturated rings. The second-order valence-electron chi connectivity index (χ2n) is 5.49. The number of benzene rings is 1. The van der Waals surface area contributed by atoms with Gasteiger partial charge in [-0.15, -0.1) is 0 Å². The number of carboxylic acid groups (broad SMARTS) is 1. The smallest absolute Gasteiger partial charge is 0.341 e. The Morgan fingerprint density at radius 2 is 2.08 bits per heavy atom. The molecule has 0 bridgehead atoms. The molecule has 128 valence electrons. The number of nitrogens with zero attached hydrogens (tertiary/aromatic N) is 1. The molecule has 24 heavy (non-hydrogen) atoms. The number of hydrogen-bond donors (Lipinski definition) is 2. The van der Waals surface area contributed by atoms with Gasteiger partial charge in [-0.1, -0.05) is 0 Å². The molecule has 0 aliphatic heterocycles. The van der Waals surface area contributed by atoms with E-state index in [4.69, 9.17) is 5.11 Å². The topological polar surface area (TPSA) is 86.9 Å². The molecule has 4 N–H and O–H groups in total. The summed E-state index contributed by atoms with van der Waals surface area (Å²) in [6.07, 6.45) is 5.47. The first kappa shape index (κ1) is 18.1. The number of aromatic carboxylic acids is 1. The number of rotatable bonds is 4. The van der Waals surface area contributed by atoms with Crippen molar-refractivity contribution >= 4 is 22.9 Å². The molecule has 1 heterocycles. The fourth-order valence-corrected chi connectivity index (χ4v) is 2.60. The fraction of sp³-hybridized carbons (Fsp3) is 0.250. The summed E-state index contributed by atoms with van der Waals surface area (Å²) in [5.74, 6) is -3.17. The number of aromatic nitrogens is 1. The van der Waals surface area contributed by atoms with Crippen LogP contribution in [0.2, 0.25) is 0 Å². The Kier molecular flexibility index (Phi) is 5.05. The summed E-state index contributed by atoms with van der Waals surface area (Å²) in [6, 6.07) is 0.843. The quantitative estimate of drug-likeness (QED) is 0.704. The fourth-order valence-electron chi connectivity index (χ4n) is 2.60. The first-order valence-corrected chi connectivity index (χ1v) is 7.21. The van der Waals surface area contributed by atoms with Crippen molar-refractivity contribution in [3.05, 3.63) is 51.3 Å². The highest BCUT2D eigenvalue weighted by atomic mass is 35.5. The minimum Gasteiger partial charge on any atom is -1.00 e. The number of carboxylic acids is 1. The largest absolute Gasteiger partial charge is 1.00 e. The maximum absolute atomic E-state index is 14.8. The molecule has 0 amide bonds. The van der Waals surface area contributed by atoms with Crippen molar-refractivity contribution in [1.82, 2.24) is 4.57 Å². The summed E-state index contributed by atoms with van der Waals surface area (Å²) in [4.78, 5) is 23.5. The number of quaternary nitrogens is 1. The lowest BCUT2D eigenvalue weighted by Crippen LogP contribution is -3.00. The van der Waals surface area contributed by atoms with E-state index in [9.17, 15) is 18.4 Å². The summed E-state index contributed by atoms with van der Waals surface area (Å²) in [5.41, 5.74) is 1.91. The van der Waals surface area contributed by atoms with E-state index in [1.807, 2.05) is 0 Å². The van der Waals surface area contributed by atoms with Crippen molar-refractivity contribution < 1.29 is 36.8 Å². The lowest BCUT2D eigenvalue weighted by atomic mass is 10.1. The molecule has 5 nitrogen and oxygen atoms in total. The summed E-state index contributed by atoms with van der Waals surface area (Å²) in [6.45, 7) is 0.365. The van der Waals surface area contributed by atoms with E-state index in [-0.39, 0.29) is 34.9 Å². The molecule has 0 saturated heterocycles. The second kappa shape index (κ2) is 6.70. The van der Waals surface area contributed by atoms with Gasteiger partial charge in [-0.2, -0.15) is 0 Å². The number of pyridine rings is 1. The number of carbonyl (C=O) groups is 1. The number of fused-ring (bicyclic) bond motifs is 1. The van der Waals surface area contributed by atoms with Crippen LogP contribution in [0.5, 0.6) is 0 Å². The minimum atomic E-state index is -1.41. The predicted octanol–water partition coefficient (Wildman–Crippen LogP) is -1.43. The molecule has 1 aromatic carbocycles. The molecule has 1 aliphatic carbocycles. The van der Waals surface area contributed by atoms with Crippen LogP contribution < -0.4 is 23.6 Å². The van der Waals surface area contributed by atoms with Crippen LogP contribution in [0.3, 0.4) is 0 Å². The average molecular weight is 357 g/mol. The van der Waals surface area contributed by atoms with E-state index in [0.29, 0.717) is 6.54 Å². The third-order valence-electron chi connectivity index (χ3n) is 3.87. The Bertz CT molecular complexity index is 905. The summed E-state index contributed by atoms with van der Waals surface area (Å²) in [5, 5.41) is 8.89. The standard InChI is InChI=1S/C16H14F2N2O3.ClH/c17-12-6-10-14(13(18)9(12)2-1-5-19)20(8-3-4-8)7-11(15(10)21)16(22)23;/h1-2,6-8H,3-5,19H2,(H,22,23);1H/b2-1-;. The lowest BCUT2D eigenvalue weighted by molar-refractivity contribution is -0.352. The van der Waals surface area contributed by atoms with Crippen molar-refractivity contribution in [3.63, 3.8) is 0 Å². The van der Waals surface area contributed by atoms with Gasteiger partial charge >= 0.3 is 5.97 Å². The number of halogens is 3. The van der Waals surface area contributed by atoms with Crippen LogP contribution in [-0.2, 0) is 0 Å². The van der Waals surface area contributed by atoms with Gasteiger partial charge in [-0.25, -0.2) is 13.6 Å². The van der Waals surface area contributed by atoms with Crippen molar-refractivity contribution in [1.29, 1.82) is 0 Å². The Hall–Kier alpha value is -2.25. The summed E-state index contributed by atoms with van der Waals surface area (Å²) in [7, 11) is 0. The zero-order valence-corrected chi connectivity index (χ0v) is 13.3. The highest BCUT2D eigenvalue weighted by Gasteiger charge is 2.29. The zero-order chi connectivity index (χ0) is 16.7. The minimum absolute atomic E-state index is 0. The Balaban J connectivity index is 0.00000208. The Labute approximate surface area is 141 Å². The zero-order valence-electron chi connectivity index (χ0n) is 12.6. The Morgan fingerprint density at radius 3 is 2.62 bits per heavy atom. The summed E-state index contributed by atoms with van der Waals surface area (Å²) < 4.78 is 30.4.